The number of rotatable bonds is 3. The van der Waals surface area contributed by atoms with Crippen LogP contribution in [-0.4, -0.2) is 40.9 Å². The molecule has 2 N–H and O–H groups in total. The average molecular weight is 405 g/mol. The number of allylic oxidation sites excluding steroid dienone is 3. The van der Waals surface area contributed by atoms with Crippen molar-refractivity contribution in [3.05, 3.63) is 35.5 Å². The van der Waals surface area contributed by atoms with E-state index in [4.69, 9.17) is 9.47 Å². The van der Waals surface area contributed by atoms with Crippen LogP contribution in [0.2, 0.25) is 0 Å². The number of hydrogen-bond acceptors (Lipinski definition) is 4. The van der Waals surface area contributed by atoms with Crippen LogP contribution < -0.4 is 0 Å². The molecule has 1 spiro atoms. The second-order valence-electron chi connectivity index (χ2n) is 11.2. The second kappa shape index (κ2) is 7.05. The van der Waals surface area contributed by atoms with E-state index in [2.05, 4.69) is 47.3 Å². The van der Waals surface area contributed by atoms with Gasteiger partial charge in [0.05, 0.1) is 13.2 Å². The van der Waals surface area contributed by atoms with Crippen molar-refractivity contribution in [2.75, 3.05) is 13.2 Å². The minimum atomic E-state index is -1.29. The molecule has 0 amide bonds. The summed E-state index contributed by atoms with van der Waals surface area (Å²) in [6.45, 7) is 19.8. The molecule has 2 aliphatic carbocycles. The molecule has 1 saturated heterocycles. The van der Waals surface area contributed by atoms with Gasteiger partial charge < -0.3 is 19.7 Å². The van der Waals surface area contributed by atoms with Gasteiger partial charge in [-0.3, -0.25) is 0 Å². The molecule has 0 radical (unpaired) electrons. The lowest BCUT2D eigenvalue weighted by atomic mass is 9.56. The summed E-state index contributed by atoms with van der Waals surface area (Å²) in [4.78, 5) is 0. The van der Waals surface area contributed by atoms with Crippen molar-refractivity contribution >= 4 is 0 Å². The molecule has 0 saturated carbocycles. The normalized spacial score (nSPS) is 33.9. The van der Waals surface area contributed by atoms with E-state index >= 15 is 0 Å². The number of ether oxygens (including phenoxy) is 2. The first-order valence-electron chi connectivity index (χ1n) is 11.0. The summed E-state index contributed by atoms with van der Waals surface area (Å²) in [6.07, 6.45) is 5.70. The maximum absolute atomic E-state index is 11.9. The summed E-state index contributed by atoms with van der Waals surface area (Å²) in [7, 11) is 0. The molecule has 2 atom stereocenters. The van der Waals surface area contributed by atoms with Crippen LogP contribution in [-0.2, 0) is 9.47 Å². The van der Waals surface area contributed by atoms with Crippen molar-refractivity contribution in [1.82, 2.24) is 0 Å². The molecule has 4 heteroatoms. The minimum Gasteiger partial charge on any atom is -0.386 e. The highest BCUT2D eigenvalue weighted by molar-refractivity contribution is 5.39. The van der Waals surface area contributed by atoms with Crippen LogP contribution in [0.1, 0.15) is 74.1 Å². The topological polar surface area (TPSA) is 58.9 Å². The van der Waals surface area contributed by atoms with E-state index in [1.54, 1.807) is 0 Å². The molecule has 0 aromatic rings. The maximum atomic E-state index is 11.9. The molecule has 1 aliphatic heterocycles. The first kappa shape index (κ1) is 22.7. The standard InChI is InChI=1S/C25H40O4/c1-9-18-17(2)12-14-24(27,22(18,5)6)20(26)19-11-10-13-25(23(19,7)8)28-15-21(3,4)16-29-25/h9,11,20,26-27H,1,10,12-16H2,2-8H3/t20-,24-/m1/s1. The molecule has 0 aromatic heterocycles. The van der Waals surface area contributed by atoms with Crippen LogP contribution in [0.25, 0.3) is 0 Å². The van der Waals surface area contributed by atoms with E-state index in [-0.39, 0.29) is 5.41 Å². The molecule has 1 fully saturated rings. The first-order chi connectivity index (χ1) is 13.2. The highest BCUT2D eigenvalue weighted by Gasteiger charge is 2.60. The van der Waals surface area contributed by atoms with Gasteiger partial charge in [0, 0.05) is 22.7 Å². The van der Waals surface area contributed by atoms with Crippen LogP contribution in [0.5, 0.6) is 0 Å². The predicted octanol–water partition coefficient (Wildman–Crippen LogP) is 4.92. The van der Waals surface area contributed by atoms with Gasteiger partial charge in [-0.25, -0.2) is 0 Å². The van der Waals surface area contributed by atoms with E-state index in [1.807, 2.05) is 19.9 Å². The van der Waals surface area contributed by atoms with E-state index in [9.17, 15) is 10.2 Å². The Morgan fingerprint density at radius 1 is 1.03 bits per heavy atom. The van der Waals surface area contributed by atoms with Crippen molar-refractivity contribution < 1.29 is 19.7 Å². The monoisotopic (exact) mass is 404 g/mol. The second-order valence-corrected chi connectivity index (χ2v) is 11.2. The lowest BCUT2D eigenvalue weighted by Crippen LogP contribution is -2.63. The van der Waals surface area contributed by atoms with Gasteiger partial charge in [0.15, 0.2) is 5.79 Å². The number of aliphatic hydroxyl groups excluding tert-OH is 1. The van der Waals surface area contributed by atoms with Gasteiger partial charge in [-0.05, 0) is 37.3 Å². The molecule has 4 nitrogen and oxygen atoms in total. The summed E-state index contributed by atoms with van der Waals surface area (Å²) >= 11 is 0. The van der Waals surface area contributed by atoms with Gasteiger partial charge >= 0.3 is 0 Å². The third-order valence-electron chi connectivity index (χ3n) is 7.95. The van der Waals surface area contributed by atoms with Crippen LogP contribution in [0.4, 0.5) is 0 Å². The average Bonchev–Trinajstić information content (AvgIpc) is 2.62. The molecule has 1 heterocycles. The Labute approximate surface area is 176 Å². The summed E-state index contributed by atoms with van der Waals surface area (Å²) in [5, 5.41) is 23.5. The minimum absolute atomic E-state index is 0.0218. The Morgan fingerprint density at radius 2 is 1.62 bits per heavy atom. The fourth-order valence-electron chi connectivity index (χ4n) is 5.63. The van der Waals surface area contributed by atoms with Crippen molar-refractivity contribution in [3.63, 3.8) is 0 Å². The number of hydrogen-bond donors (Lipinski definition) is 2. The highest BCUT2D eigenvalue weighted by atomic mass is 16.7. The van der Waals surface area contributed by atoms with Gasteiger partial charge in [-0.1, -0.05) is 65.8 Å². The van der Waals surface area contributed by atoms with E-state index < -0.39 is 28.3 Å². The van der Waals surface area contributed by atoms with Crippen LogP contribution in [0, 0.1) is 16.2 Å². The molecule has 3 rings (SSSR count). The Kier molecular flexibility index (Phi) is 5.53. The maximum Gasteiger partial charge on any atom is 0.177 e. The fraction of sp³-hybridized carbons (Fsp3) is 0.760. The lowest BCUT2D eigenvalue weighted by molar-refractivity contribution is -0.343. The van der Waals surface area contributed by atoms with Crippen LogP contribution in [0.15, 0.2) is 35.5 Å². The molecule has 29 heavy (non-hydrogen) atoms. The van der Waals surface area contributed by atoms with Crippen LogP contribution >= 0.6 is 0 Å². The zero-order chi connectivity index (χ0) is 21.9. The SMILES string of the molecule is C=CC1=C(C)CC[C@@](O)([C@H](O)C2=CCCC3(OCC(C)(C)CO3)C2(C)C)C1(C)C. The Hall–Kier alpha value is -0.940. The van der Waals surface area contributed by atoms with Gasteiger partial charge in [-0.2, -0.15) is 0 Å². The van der Waals surface area contributed by atoms with Crippen molar-refractivity contribution in [2.45, 2.75) is 91.6 Å². The largest absolute Gasteiger partial charge is 0.386 e. The smallest absolute Gasteiger partial charge is 0.177 e. The Morgan fingerprint density at radius 3 is 2.17 bits per heavy atom. The van der Waals surface area contributed by atoms with Gasteiger partial charge in [0.25, 0.3) is 0 Å². The lowest BCUT2D eigenvalue weighted by Gasteiger charge is -2.57. The molecule has 0 unspecified atom stereocenters. The van der Waals surface area contributed by atoms with Crippen molar-refractivity contribution in [3.8, 4) is 0 Å². The van der Waals surface area contributed by atoms with E-state index in [1.165, 1.54) is 5.57 Å². The predicted molar refractivity (Wildman–Crippen MR) is 116 cm³/mol. The van der Waals surface area contributed by atoms with Crippen molar-refractivity contribution in [2.24, 2.45) is 16.2 Å². The summed E-state index contributed by atoms with van der Waals surface area (Å²) in [5.41, 5.74) is 0.600. The van der Waals surface area contributed by atoms with Gasteiger partial charge in [0.2, 0.25) is 0 Å². The van der Waals surface area contributed by atoms with Gasteiger partial charge in [0.1, 0.15) is 11.7 Å². The zero-order valence-corrected chi connectivity index (χ0v) is 19.4. The van der Waals surface area contributed by atoms with E-state index in [0.29, 0.717) is 19.6 Å². The summed E-state index contributed by atoms with van der Waals surface area (Å²) < 4.78 is 12.7. The molecule has 3 aliphatic rings. The molecule has 164 valence electrons. The van der Waals surface area contributed by atoms with Crippen LogP contribution in [0.3, 0.4) is 0 Å². The summed E-state index contributed by atoms with van der Waals surface area (Å²) in [6, 6.07) is 0. The molecular weight excluding hydrogens is 364 g/mol. The quantitative estimate of drug-likeness (QED) is 0.656. The number of aliphatic hydroxyl groups is 2. The van der Waals surface area contributed by atoms with Crippen molar-refractivity contribution in [1.29, 1.82) is 0 Å². The Balaban J connectivity index is 1.98. The third kappa shape index (κ3) is 3.27. The zero-order valence-electron chi connectivity index (χ0n) is 19.4. The summed E-state index contributed by atoms with van der Waals surface area (Å²) in [5.74, 6) is -0.768. The first-order valence-corrected chi connectivity index (χ1v) is 11.0. The molecule has 0 bridgehead atoms. The van der Waals surface area contributed by atoms with Gasteiger partial charge in [-0.15, -0.1) is 0 Å². The van der Waals surface area contributed by atoms with E-state index in [0.717, 1.165) is 30.4 Å². The third-order valence-corrected chi connectivity index (χ3v) is 7.95. The molecular formula is C25H40O4. The fourth-order valence-corrected chi connectivity index (χ4v) is 5.63. The highest BCUT2D eigenvalue weighted by Crippen LogP contribution is 2.57. The Bertz CT molecular complexity index is 730. The molecule has 0 aromatic carbocycles.